The first-order valence-electron chi connectivity index (χ1n) is 9.26. The highest BCUT2D eigenvalue weighted by molar-refractivity contribution is 5.89. The molecule has 2 aromatic rings. The van der Waals surface area contributed by atoms with Gasteiger partial charge in [-0.3, -0.25) is 0 Å². The Labute approximate surface area is 151 Å². The maximum atomic E-state index is 13.0. The SMILES string of the molecule is Cc1cccc(C2CCCCCN2C(=O)Nc2ccc(C)c(C)c2)c1. The van der Waals surface area contributed by atoms with E-state index in [2.05, 4.69) is 56.4 Å². The topological polar surface area (TPSA) is 32.3 Å². The van der Waals surface area contributed by atoms with Crippen molar-refractivity contribution in [2.75, 3.05) is 11.9 Å². The molecule has 0 aliphatic carbocycles. The molecule has 132 valence electrons. The van der Waals surface area contributed by atoms with E-state index in [1.54, 1.807) is 0 Å². The van der Waals surface area contributed by atoms with Crippen molar-refractivity contribution in [1.29, 1.82) is 0 Å². The molecule has 25 heavy (non-hydrogen) atoms. The number of likely N-dealkylation sites (tertiary alicyclic amines) is 1. The Morgan fingerprint density at radius 3 is 2.60 bits per heavy atom. The Morgan fingerprint density at radius 2 is 1.84 bits per heavy atom. The van der Waals surface area contributed by atoms with E-state index < -0.39 is 0 Å². The Bertz CT molecular complexity index is 753. The monoisotopic (exact) mass is 336 g/mol. The first-order valence-corrected chi connectivity index (χ1v) is 9.26. The van der Waals surface area contributed by atoms with Crippen LogP contribution in [0.3, 0.4) is 0 Å². The van der Waals surface area contributed by atoms with Gasteiger partial charge in [0, 0.05) is 12.2 Å². The number of carbonyl (C=O) groups excluding carboxylic acids is 1. The minimum Gasteiger partial charge on any atom is -0.317 e. The number of hydrogen-bond donors (Lipinski definition) is 1. The molecule has 1 heterocycles. The zero-order valence-electron chi connectivity index (χ0n) is 15.5. The third kappa shape index (κ3) is 4.22. The Hall–Kier alpha value is -2.29. The summed E-state index contributed by atoms with van der Waals surface area (Å²) in [7, 11) is 0. The molecule has 0 saturated carbocycles. The predicted octanol–water partition coefficient (Wildman–Crippen LogP) is 5.76. The zero-order chi connectivity index (χ0) is 17.8. The van der Waals surface area contributed by atoms with Crippen LogP contribution in [0.4, 0.5) is 10.5 Å². The number of aryl methyl sites for hydroxylation is 3. The van der Waals surface area contributed by atoms with Gasteiger partial charge in [-0.15, -0.1) is 0 Å². The van der Waals surface area contributed by atoms with Crippen LogP contribution in [-0.4, -0.2) is 17.5 Å². The van der Waals surface area contributed by atoms with Crippen molar-refractivity contribution in [3.8, 4) is 0 Å². The molecular weight excluding hydrogens is 308 g/mol. The predicted molar refractivity (Wildman–Crippen MR) is 104 cm³/mol. The molecule has 3 heteroatoms. The maximum absolute atomic E-state index is 13.0. The van der Waals surface area contributed by atoms with Crippen LogP contribution in [0.25, 0.3) is 0 Å². The van der Waals surface area contributed by atoms with Crippen molar-refractivity contribution in [3.05, 3.63) is 64.7 Å². The molecule has 1 unspecified atom stereocenters. The second-order valence-corrected chi connectivity index (χ2v) is 7.20. The molecule has 1 fully saturated rings. The van der Waals surface area contributed by atoms with Gasteiger partial charge in [-0.05, 0) is 62.4 Å². The number of nitrogens with one attached hydrogen (secondary N) is 1. The Kier molecular flexibility index (Phi) is 5.42. The van der Waals surface area contributed by atoms with Crippen LogP contribution in [0.1, 0.15) is 54.0 Å². The van der Waals surface area contributed by atoms with Gasteiger partial charge in [-0.25, -0.2) is 4.79 Å². The van der Waals surface area contributed by atoms with Crippen LogP contribution in [0.2, 0.25) is 0 Å². The van der Waals surface area contributed by atoms with Crippen molar-refractivity contribution in [2.24, 2.45) is 0 Å². The minimum absolute atomic E-state index is 0.0108. The maximum Gasteiger partial charge on any atom is 0.322 e. The Morgan fingerprint density at radius 1 is 1.00 bits per heavy atom. The van der Waals surface area contributed by atoms with Crippen molar-refractivity contribution in [3.63, 3.8) is 0 Å². The van der Waals surface area contributed by atoms with Crippen molar-refractivity contribution in [1.82, 2.24) is 4.90 Å². The molecule has 1 aliphatic heterocycles. The lowest BCUT2D eigenvalue weighted by Gasteiger charge is -2.31. The quantitative estimate of drug-likeness (QED) is 0.743. The lowest BCUT2D eigenvalue weighted by atomic mass is 9.99. The van der Waals surface area contributed by atoms with Crippen molar-refractivity contribution < 1.29 is 4.79 Å². The van der Waals surface area contributed by atoms with Crippen LogP contribution < -0.4 is 5.32 Å². The Balaban J connectivity index is 1.82. The summed E-state index contributed by atoms with van der Waals surface area (Å²) < 4.78 is 0. The summed E-state index contributed by atoms with van der Waals surface area (Å²) in [4.78, 5) is 15.0. The summed E-state index contributed by atoms with van der Waals surface area (Å²) in [5.41, 5.74) is 5.81. The van der Waals surface area contributed by atoms with Crippen LogP contribution in [0.5, 0.6) is 0 Å². The van der Waals surface area contributed by atoms with Crippen LogP contribution in [0.15, 0.2) is 42.5 Å². The van der Waals surface area contributed by atoms with Gasteiger partial charge in [-0.2, -0.15) is 0 Å². The van der Waals surface area contributed by atoms with E-state index in [0.29, 0.717) is 0 Å². The molecule has 1 saturated heterocycles. The molecule has 2 aromatic carbocycles. The standard InChI is InChI=1S/C22H28N2O/c1-16-8-7-9-19(14-16)21-10-5-4-6-13-24(21)22(25)23-20-12-11-17(2)18(3)15-20/h7-9,11-12,14-15,21H,4-6,10,13H2,1-3H3,(H,23,25). The molecule has 0 aromatic heterocycles. The number of hydrogen-bond acceptors (Lipinski definition) is 1. The van der Waals surface area contributed by atoms with Crippen LogP contribution in [-0.2, 0) is 0 Å². The van der Waals surface area contributed by atoms with Gasteiger partial charge in [0.1, 0.15) is 0 Å². The summed E-state index contributed by atoms with van der Waals surface area (Å²) in [6, 6.07) is 14.8. The first-order chi connectivity index (χ1) is 12.0. The minimum atomic E-state index is 0.0108. The summed E-state index contributed by atoms with van der Waals surface area (Å²) in [6.45, 7) is 7.09. The van der Waals surface area contributed by atoms with E-state index >= 15 is 0 Å². The number of carbonyl (C=O) groups is 1. The van der Waals surface area contributed by atoms with E-state index in [-0.39, 0.29) is 12.1 Å². The smallest absolute Gasteiger partial charge is 0.317 e. The molecular formula is C22H28N2O. The van der Waals surface area contributed by atoms with Crippen LogP contribution in [0, 0.1) is 20.8 Å². The van der Waals surface area contributed by atoms with E-state index in [9.17, 15) is 4.79 Å². The fraction of sp³-hybridized carbons (Fsp3) is 0.409. The van der Waals surface area contributed by atoms with Crippen molar-refractivity contribution >= 4 is 11.7 Å². The van der Waals surface area contributed by atoms with Gasteiger partial charge in [-0.1, -0.05) is 48.7 Å². The number of amides is 2. The summed E-state index contributed by atoms with van der Waals surface area (Å²) >= 11 is 0. The largest absolute Gasteiger partial charge is 0.322 e. The van der Waals surface area contributed by atoms with Gasteiger partial charge >= 0.3 is 6.03 Å². The highest BCUT2D eigenvalue weighted by atomic mass is 16.2. The summed E-state index contributed by atoms with van der Waals surface area (Å²) in [5.74, 6) is 0. The number of anilines is 1. The van der Waals surface area contributed by atoms with E-state index in [0.717, 1.165) is 25.1 Å². The summed E-state index contributed by atoms with van der Waals surface area (Å²) in [6.07, 6.45) is 4.47. The average molecular weight is 336 g/mol. The molecule has 3 nitrogen and oxygen atoms in total. The van der Waals surface area contributed by atoms with E-state index in [1.165, 1.54) is 35.1 Å². The second kappa shape index (κ2) is 7.73. The van der Waals surface area contributed by atoms with Gasteiger partial charge in [0.15, 0.2) is 0 Å². The van der Waals surface area contributed by atoms with Gasteiger partial charge in [0.05, 0.1) is 6.04 Å². The number of nitrogens with zero attached hydrogens (tertiary/aromatic N) is 1. The molecule has 0 radical (unpaired) electrons. The molecule has 2 amide bonds. The van der Waals surface area contributed by atoms with E-state index in [4.69, 9.17) is 0 Å². The second-order valence-electron chi connectivity index (χ2n) is 7.20. The molecule has 1 aliphatic rings. The highest BCUT2D eigenvalue weighted by Crippen LogP contribution is 2.31. The third-order valence-corrected chi connectivity index (χ3v) is 5.20. The van der Waals surface area contributed by atoms with Gasteiger partial charge < -0.3 is 10.2 Å². The molecule has 0 bridgehead atoms. The normalized spacial score (nSPS) is 17.9. The lowest BCUT2D eigenvalue weighted by Crippen LogP contribution is -2.38. The third-order valence-electron chi connectivity index (χ3n) is 5.20. The zero-order valence-corrected chi connectivity index (χ0v) is 15.5. The molecule has 3 rings (SSSR count). The van der Waals surface area contributed by atoms with Gasteiger partial charge in [0.25, 0.3) is 0 Å². The average Bonchev–Trinajstić information content (AvgIpc) is 2.84. The first kappa shape index (κ1) is 17.5. The highest BCUT2D eigenvalue weighted by Gasteiger charge is 2.27. The number of rotatable bonds is 2. The molecule has 0 spiro atoms. The van der Waals surface area contributed by atoms with E-state index in [1.807, 2.05) is 17.0 Å². The van der Waals surface area contributed by atoms with Crippen molar-refractivity contribution in [2.45, 2.75) is 52.5 Å². The molecule has 1 atom stereocenters. The molecule has 1 N–H and O–H groups in total. The number of benzene rings is 2. The summed E-state index contributed by atoms with van der Waals surface area (Å²) in [5, 5.41) is 3.11. The van der Waals surface area contributed by atoms with Crippen LogP contribution >= 0.6 is 0 Å². The number of urea groups is 1. The van der Waals surface area contributed by atoms with Gasteiger partial charge in [0.2, 0.25) is 0 Å². The fourth-order valence-corrected chi connectivity index (χ4v) is 3.59. The lowest BCUT2D eigenvalue weighted by molar-refractivity contribution is 0.189. The fourth-order valence-electron chi connectivity index (χ4n) is 3.59.